The van der Waals surface area contributed by atoms with E-state index in [0.717, 1.165) is 19.6 Å². The van der Waals surface area contributed by atoms with Gasteiger partial charge in [-0.25, -0.2) is 0 Å². The maximum atomic E-state index is 13.4. The minimum absolute atomic E-state index is 0. The molecule has 0 spiro atoms. The topological polar surface area (TPSA) is 76.8 Å². The first-order valence-corrected chi connectivity index (χ1v) is 9.80. The molecule has 30 heavy (non-hydrogen) atoms. The van der Waals surface area contributed by atoms with Gasteiger partial charge in [0.25, 0.3) is 5.91 Å². The summed E-state index contributed by atoms with van der Waals surface area (Å²) in [5.74, 6) is 2.12. The second-order valence-electron chi connectivity index (χ2n) is 7.40. The number of halogens is 2. The molecule has 2 fully saturated rings. The van der Waals surface area contributed by atoms with Crippen molar-refractivity contribution < 1.29 is 14.3 Å². The maximum Gasteiger partial charge on any atom is 0.254 e. The number of fused-ring (bicyclic) bond motifs is 1. The maximum absolute atomic E-state index is 13.4. The van der Waals surface area contributed by atoms with Gasteiger partial charge in [0, 0.05) is 37.7 Å². The van der Waals surface area contributed by atoms with E-state index < -0.39 is 0 Å². The molecule has 2 heterocycles. The van der Waals surface area contributed by atoms with Crippen molar-refractivity contribution in [1.29, 1.82) is 0 Å². The third kappa shape index (κ3) is 4.67. The normalized spacial score (nSPS) is 21.9. The molecule has 0 bridgehead atoms. The standard InChI is InChI=1S/C22H27N3O3.2ClH/c1-27-20-11-16(7-8-19(20)28-10-9-23)22(26)25-14-17-12-24-13-18(17)21(25)15-5-3-2-4-6-15;;/h2-8,11,17-18,21,24H,9-10,12-14,23H2,1H3;2*1H/t17-,18-,21+;;/m0../s1. The van der Waals surface area contributed by atoms with Crippen LogP contribution in [-0.2, 0) is 0 Å². The summed E-state index contributed by atoms with van der Waals surface area (Å²) in [6.07, 6.45) is 0. The molecule has 8 heteroatoms. The predicted molar refractivity (Wildman–Crippen MR) is 122 cm³/mol. The molecular weight excluding hydrogens is 425 g/mol. The van der Waals surface area contributed by atoms with E-state index in [1.807, 2.05) is 29.2 Å². The largest absolute Gasteiger partial charge is 0.493 e. The van der Waals surface area contributed by atoms with Crippen LogP contribution in [0.3, 0.4) is 0 Å². The van der Waals surface area contributed by atoms with Crippen molar-refractivity contribution in [2.24, 2.45) is 17.6 Å². The Morgan fingerprint density at radius 1 is 1.13 bits per heavy atom. The summed E-state index contributed by atoms with van der Waals surface area (Å²) in [4.78, 5) is 15.5. The van der Waals surface area contributed by atoms with Gasteiger partial charge >= 0.3 is 0 Å². The molecule has 3 N–H and O–H groups in total. The Morgan fingerprint density at radius 2 is 1.90 bits per heavy atom. The van der Waals surface area contributed by atoms with Crippen molar-refractivity contribution in [3.63, 3.8) is 0 Å². The van der Waals surface area contributed by atoms with E-state index in [-0.39, 0.29) is 36.8 Å². The molecule has 0 radical (unpaired) electrons. The lowest BCUT2D eigenvalue weighted by Gasteiger charge is -2.28. The Labute approximate surface area is 189 Å². The lowest BCUT2D eigenvalue weighted by Crippen LogP contribution is -2.34. The number of carbonyl (C=O) groups is 1. The zero-order valence-electron chi connectivity index (χ0n) is 17.0. The highest BCUT2D eigenvalue weighted by Gasteiger charge is 2.46. The van der Waals surface area contributed by atoms with Gasteiger partial charge in [0.05, 0.1) is 13.2 Å². The highest BCUT2D eigenvalue weighted by molar-refractivity contribution is 5.95. The summed E-state index contributed by atoms with van der Waals surface area (Å²) in [5, 5.41) is 3.48. The quantitative estimate of drug-likeness (QED) is 0.702. The van der Waals surface area contributed by atoms with Crippen molar-refractivity contribution in [1.82, 2.24) is 10.2 Å². The Bertz CT molecular complexity index is 838. The van der Waals surface area contributed by atoms with Gasteiger partial charge in [0.2, 0.25) is 0 Å². The molecule has 0 aliphatic carbocycles. The summed E-state index contributed by atoms with van der Waals surface area (Å²) in [6, 6.07) is 15.8. The van der Waals surface area contributed by atoms with Crippen molar-refractivity contribution in [3.8, 4) is 11.5 Å². The lowest BCUT2D eigenvalue weighted by molar-refractivity contribution is 0.0713. The third-order valence-electron chi connectivity index (χ3n) is 5.75. The van der Waals surface area contributed by atoms with Gasteiger partial charge in [0.15, 0.2) is 11.5 Å². The fourth-order valence-corrected chi connectivity index (χ4v) is 4.46. The predicted octanol–water partition coefficient (Wildman–Crippen LogP) is 2.91. The summed E-state index contributed by atoms with van der Waals surface area (Å²) in [5.41, 5.74) is 7.32. The van der Waals surface area contributed by atoms with Crippen molar-refractivity contribution in [2.45, 2.75) is 6.04 Å². The Balaban J connectivity index is 0.00000160. The molecule has 2 aromatic rings. The molecule has 6 nitrogen and oxygen atoms in total. The fourth-order valence-electron chi connectivity index (χ4n) is 4.46. The zero-order valence-corrected chi connectivity index (χ0v) is 18.6. The first-order valence-electron chi connectivity index (χ1n) is 9.80. The van der Waals surface area contributed by atoms with E-state index in [2.05, 4.69) is 17.4 Å². The van der Waals surface area contributed by atoms with Gasteiger partial charge < -0.3 is 25.4 Å². The molecule has 3 atom stereocenters. The molecule has 2 aliphatic rings. The first kappa shape index (κ1) is 24.3. The number of benzene rings is 2. The van der Waals surface area contributed by atoms with Gasteiger partial charge in [-0.1, -0.05) is 30.3 Å². The molecule has 4 rings (SSSR count). The fraction of sp³-hybridized carbons (Fsp3) is 0.409. The monoisotopic (exact) mass is 453 g/mol. The van der Waals surface area contributed by atoms with Crippen LogP contribution in [0, 0.1) is 11.8 Å². The van der Waals surface area contributed by atoms with Crippen molar-refractivity contribution in [3.05, 3.63) is 59.7 Å². The number of nitrogens with two attached hydrogens (primary N) is 1. The number of likely N-dealkylation sites (tertiary alicyclic amines) is 1. The van der Waals surface area contributed by atoms with E-state index in [9.17, 15) is 4.79 Å². The SMILES string of the molecule is COc1cc(C(=O)N2C[C@@H]3CNC[C@@H]3[C@H]2c2ccccc2)ccc1OCCN.Cl.Cl. The summed E-state index contributed by atoms with van der Waals surface area (Å²) >= 11 is 0. The van der Waals surface area contributed by atoms with Gasteiger partial charge in [-0.3, -0.25) is 4.79 Å². The summed E-state index contributed by atoms with van der Waals surface area (Å²) < 4.78 is 11.0. The van der Waals surface area contributed by atoms with E-state index in [0.29, 0.717) is 42.0 Å². The Hall–Kier alpha value is -1.99. The average Bonchev–Trinajstić information content (AvgIpc) is 3.33. The van der Waals surface area contributed by atoms with Gasteiger partial charge in [0.1, 0.15) is 6.61 Å². The molecule has 2 aromatic carbocycles. The van der Waals surface area contributed by atoms with Crippen molar-refractivity contribution in [2.75, 3.05) is 39.9 Å². The minimum atomic E-state index is 0. The number of carbonyl (C=O) groups excluding carboxylic acids is 1. The van der Waals surface area contributed by atoms with E-state index >= 15 is 0 Å². The second-order valence-corrected chi connectivity index (χ2v) is 7.40. The second kappa shape index (κ2) is 10.9. The number of nitrogens with one attached hydrogen (secondary N) is 1. The molecule has 1 amide bonds. The third-order valence-corrected chi connectivity index (χ3v) is 5.75. The van der Waals surface area contributed by atoms with Crippen LogP contribution < -0.4 is 20.5 Å². The average molecular weight is 454 g/mol. The zero-order chi connectivity index (χ0) is 19.5. The molecule has 0 aromatic heterocycles. The molecule has 164 valence electrons. The van der Waals surface area contributed by atoms with Crippen LogP contribution in [0.5, 0.6) is 11.5 Å². The highest BCUT2D eigenvalue weighted by atomic mass is 35.5. The molecule has 0 saturated carbocycles. The number of amides is 1. The molecule has 2 saturated heterocycles. The van der Waals surface area contributed by atoms with E-state index in [1.165, 1.54) is 5.56 Å². The van der Waals surface area contributed by atoms with Crippen LogP contribution in [0.2, 0.25) is 0 Å². The molecule has 0 unspecified atom stereocenters. The Morgan fingerprint density at radius 3 is 2.60 bits per heavy atom. The summed E-state index contributed by atoms with van der Waals surface area (Å²) in [6.45, 7) is 3.51. The Kier molecular flexibility index (Phi) is 8.79. The number of methoxy groups -OCH3 is 1. The van der Waals surface area contributed by atoms with Crippen LogP contribution in [-0.4, -0.2) is 50.7 Å². The van der Waals surface area contributed by atoms with Crippen LogP contribution in [0.4, 0.5) is 0 Å². The number of ether oxygens (including phenoxy) is 2. The van der Waals surface area contributed by atoms with Crippen LogP contribution in [0.1, 0.15) is 22.0 Å². The minimum Gasteiger partial charge on any atom is -0.493 e. The molecular formula is C22H29Cl2N3O3. The van der Waals surface area contributed by atoms with Crippen LogP contribution >= 0.6 is 24.8 Å². The number of nitrogens with zero attached hydrogens (tertiary/aromatic N) is 1. The number of hydrogen-bond donors (Lipinski definition) is 2. The summed E-state index contributed by atoms with van der Waals surface area (Å²) in [7, 11) is 1.58. The van der Waals surface area contributed by atoms with E-state index in [4.69, 9.17) is 15.2 Å². The first-order chi connectivity index (χ1) is 13.7. The van der Waals surface area contributed by atoms with Gasteiger partial charge in [-0.05, 0) is 29.7 Å². The van der Waals surface area contributed by atoms with Crippen LogP contribution in [0.25, 0.3) is 0 Å². The van der Waals surface area contributed by atoms with Crippen LogP contribution in [0.15, 0.2) is 48.5 Å². The van der Waals surface area contributed by atoms with E-state index in [1.54, 1.807) is 19.2 Å². The van der Waals surface area contributed by atoms with Gasteiger partial charge in [-0.15, -0.1) is 24.8 Å². The number of hydrogen-bond acceptors (Lipinski definition) is 5. The number of rotatable bonds is 6. The van der Waals surface area contributed by atoms with Crippen molar-refractivity contribution >= 4 is 30.7 Å². The highest BCUT2D eigenvalue weighted by Crippen LogP contribution is 2.43. The molecule has 2 aliphatic heterocycles. The smallest absolute Gasteiger partial charge is 0.254 e. The lowest BCUT2D eigenvalue weighted by atomic mass is 9.89. The van der Waals surface area contributed by atoms with Gasteiger partial charge in [-0.2, -0.15) is 0 Å².